The maximum absolute atomic E-state index is 13.0. The van der Waals surface area contributed by atoms with Crippen molar-refractivity contribution < 1.29 is 22.8 Å². The normalized spacial score (nSPS) is 16.2. The number of anilines is 2. The van der Waals surface area contributed by atoms with Crippen LogP contribution < -0.4 is 10.6 Å². The number of aryl methyl sites for hydroxylation is 1. The maximum atomic E-state index is 13.0. The van der Waals surface area contributed by atoms with E-state index in [9.17, 15) is 22.8 Å². The Labute approximate surface area is 215 Å². The fourth-order valence-electron chi connectivity index (χ4n) is 4.43. The van der Waals surface area contributed by atoms with Gasteiger partial charge in [0, 0.05) is 29.4 Å². The van der Waals surface area contributed by atoms with E-state index in [1.54, 1.807) is 25.1 Å². The fraction of sp³-hybridized carbons (Fsp3) is 0.320. The molecule has 198 valence electrons. The average molecular weight is 527 g/mol. The summed E-state index contributed by atoms with van der Waals surface area (Å²) in [6.07, 6.45) is 2.39. The highest BCUT2D eigenvalue weighted by atomic mass is 19.4. The molecule has 1 saturated heterocycles. The predicted molar refractivity (Wildman–Crippen MR) is 134 cm³/mol. The van der Waals surface area contributed by atoms with Crippen LogP contribution in [0.2, 0.25) is 0 Å². The van der Waals surface area contributed by atoms with Crippen LogP contribution in [0.15, 0.2) is 43.0 Å². The minimum Gasteiger partial charge on any atom is -0.339 e. The second kappa shape index (κ2) is 9.89. The van der Waals surface area contributed by atoms with Gasteiger partial charge in [-0.1, -0.05) is 0 Å². The lowest BCUT2D eigenvalue weighted by atomic mass is 10.2. The maximum Gasteiger partial charge on any atom is 0.504 e. The Morgan fingerprint density at radius 2 is 1.95 bits per heavy atom. The zero-order valence-corrected chi connectivity index (χ0v) is 20.6. The molecule has 0 spiro atoms. The summed E-state index contributed by atoms with van der Waals surface area (Å²) < 4.78 is 38.5. The first kappa shape index (κ1) is 25.4. The lowest BCUT2D eigenvalue weighted by molar-refractivity contribution is -0.212. The highest BCUT2D eigenvalue weighted by Gasteiger charge is 2.31. The minimum atomic E-state index is -4.62. The molecular weight excluding hydrogens is 501 g/mol. The number of nitrogens with zero attached hydrogens (tertiary/aromatic N) is 5. The summed E-state index contributed by atoms with van der Waals surface area (Å²) in [5.74, 6) is -0.605. The third-order valence-corrected chi connectivity index (χ3v) is 6.54. The van der Waals surface area contributed by atoms with Crippen molar-refractivity contribution in [2.45, 2.75) is 39.0 Å². The molecule has 1 aliphatic heterocycles. The quantitative estimate of drug-likeness (QED) is 0.345. The highest BCUT2D eigenvalue weighted by Crippen LogP contribution is 2.28. The van der Waals surface area contributed by atoms with Crippen LogP contribution in [-0.2, 0) is 11.1 Å². The zero-order valence-electron chi connectivity index (χ0n) is 20.6. The average Bonchev–Trinajstić information content (AvgIpc) is 3.60. The third-order valence-electron chi connectivity index (χ3n) is 6.54. The van der Waals surface area contributed by atoms with Crippen molar-refractivity contribution in [3.05, 3.63) is 54.2 Å². The lowest BCUT2D eigenvalue weighted by Crippen LogP contribution is -2.35. The number of rotatable bonds is 6. The minimum absolute atomic E-state index is 0.0833. The first-order chi connectivity index (χ1) is 18.1. The van der Waals surface area contributed by atoms with E-state index in [4.69, 9.17) is 0 Å². The Hall–Kier alpha value is -4.26. The molecule has 1 atom stereocenters. The molecule has 0 unspecified atom stereocenters. The Bertz CT molecular complexity index is 1510. The molecule has 38 heavy (non-hydrogen) atoms. The number of amides is 2. The van der Waals surface area contributed by atoms with Gasteiger partial charge in [-0.2, -0.15) is 9.78 Å². The van der Waals surface area contributed by atoms with Gasteiger partial charge in [0.05, 0.1) is 47.3 Å². The largest absolute Gasteiger partial charge is 0.504 e. The Morgan fingerprint density at radius 1 is 1.13 bits per heavy atom. The number of nitrogens with one attached hydrogen (secondary N) is 3. The van der Waals surface area contributed by atoms with Crippen molar-refractivity contribution in [3.63, 3.8) is 0 Å². The summed E-state index contributed by atoms with van der Waals surface area (Å²) in [7, 11) is 0. The van der Waals surface area contributed by atoms with E-state index in [2.05, 4.69) is 42.5 Å². The van der Waals surface area contributed by atoms with E-state index in [1.165, 1.54) is 12.4 Å². The number of aromatic nitrogens is 5. The zero-order chi connectivity index (χ0) is 27.0. The van der Waals surface area contributed by atoms with Crippen LogP contribution in [0.3, 0.4) is 0 Å². The third kappa shape index (κ3) is 5.37. The van der Waals surface area contributed by atoms with E-state index >= 15 is 0 Å². The first-order valence-corrected chi connectivity index (χ1v) is 12.0. The van der Waals surface area contributed by atoms with Crippen LogP contribution in [0.5, 0.6) is 0 Å². The number of fused-ring (bicyclic) bond motifs is 1. The van der Waals surface area contributed by atoms with Gasteiger partial charge in [-0.25, -0.2) is 4.98 Å². The van der Waals surface area contributed by atoms with Crippen molar-refractivity contribution in [3.8, 4) is 11.3 Å². The summed E-state index contributed by atoms with van der Waals surface area (Å²) >= 11 is 0. The van der Waals surface area contributed by atoms with E-state index in [1.807, 2.05) is 0 Å². The Balaban J connectivity index is 1.29. The predicted octanol–water partition coefficient (Wildman–Crippen LogP) is 4.28. The molecule has 0 bridgehead atoms. The number of aromatic amines is 1. The van der Waals surface area contributed by atoms with E-state index in [0.717, 1.165) is 31.8 Å². The van der Waals surface area contributed by atoms with Gasteiger partial charge in [-0.05, 0) is 51.4 Å². The molecule has 1 fully saturated rings. The van der Waals surface area contributed by atoms with Gasteiger partial charge >= 0.3 is 6.30 Å². The second-order valence-corrected chi connectivity index (χ2v) is 9.31. The van der Waals surface area contributed by atoms with Gasteiger partial charge in [0.2, 0.25) is 5.91 Å². The monoisotopic (exact) mass is 526 g/mol. The molecule has 1 aliphatic rings. The van der Waals surface area contributed by atoms with Crippen LogP contribution in [-0.4, -0.2) is 60.6 Å². The number of likely N-dealkylation sites (tertiary alicyclic amines) is 1. The molecule has 3 N–H and O–H groups in total. The van der Waals surface area contributed by atoms with Crippen molar-refractivity contribution in [1.29, 1.82) is 0 Å². The van der Waals surface area contributed by atoms with Gasteiger partial charge in [-0.15, -0.1) is 13.2 Å². The standard InChI is InChI=1S/C25H25F3N8O2/c1-14-4-3-5-35(14)13-22(37)32-19-8-20(15(2)29-11-19)34-24(38)17-6-16-7-21(33-23(16)30-9-17)18-10-31-36(12-18)25(26,27)28/h6-12,14H,3-5,13H2,1-2H3,(H,30,33)(H,32,37)(H,34,38)/t14-/m0/s1. The van der Waals surface area contributed by atoms with Crippen LogP contribution in [0.1, 0.15) is 35.8 Å². The van der Waals surface area contributed by atoms with Crippen molar-refractivity contribution in [2.24, 2.45) is 0 Å². The van der Waals surface area contributed by atoms with E-state index in [-0.39, 0.29) is 28.3 Å². The van der Waals surface area contributed by atoms with Crippen LogP contribution in [0, 0.1) is 6.92 Å². The number of carbonyl (C=O) groups is 2. The molecule has 4 aromatic heterocycles. The topological polar surface area (TPSA) is 121 Å². The molecule has 0 aliphatic carbocycles. The molecule has 10 nitrogen and oxygen atoms in total. The number of alkyl halides is 3. The number of hydrogen-bond acceptors (Lipinski definition) is 6. The summed E-state index contributed by atoms with van der Waals surface area (Å²) in [6, 6.07) is 5.19. The lowest BCUT2D eigenvalue weighted by Gasteiger charge is -2.20. The Kier molecular flexibility index (Phi) is 6.61. The summed E-state index contributed by atoms with van der Waals surface area (Å²) in [5, 5.41) is 9.51. The molecule has 0 saturated carbocycles. The van der Waals surface area contributed by atoms with Gasteiger partial charge < -0.3 is 15.6 Å². The highest BCUT2D eigenvalue weighted by molar-refractivity contribution is 6.06. The fourth-order valence-corrected chi connectivity index (χ4v) is 4.43. The van der Waals surface area contributed by atoms with Gasteiger partial charge in [0.15, 0.2) is 0 Å². The van der Waals surface area contributed by atoms with Gasteiger partial charge in [-0.3, -0.25) is 19.5 Å². The molecule has 4 aromatic rings. The molecule has 13 heteroatoms. The van der Waals surface area contributed by atoms with Gasteiger partial charge in [0.25, 0.3) is 5.91 Å². The van der Waals surface area contributed by atoms with E-state index in [0.29, 0.717) is 39.8 Å². The molecule has 5 rings (SSSR count). The van der Waals surface area contributed by atoms with Crippen LogP contribution >= 0.6 is 0 Å². The van der Waals surface area contributed by atoms with E-state index < -0.39 is 12.2 Å². The number of hydrogen-bond donors (Lipinski definition) is 3. The molecule has 0 radical (unpaired) electrons. The second-order valence-electron chi connectivity index (χ2n) is 9.31. The number of halogens is 3. The van der Waals surface area contributed by atoms with Crippen molar-refractivity contribution in [2.75, 3.05) is 23.7 Å². The summed E-state index contributed by atoms with van der Waals surface area (Å²) in [5.41, 5.74) is 2.71. The number of carbonyl (C=O) groups excluding carboxylic acids is 2. The van der Waals surface area contributed by atoms with Crippen LogP contribution in [0.25, 0.3) is 22.3 Å². The number of pyridine rings is 2. The summed E-state index contributed by atoms with van der Waals surface area (Å²) in [6.45, 7) is 5.01. The molecule has 0 aromatic carbocycles. The smallest absolute Gasteiger partial charge is 0.339 e. The van der Waals surface area contributed by atoms with Crippen molar-refractivity contribution >= 4 is 34.2 Å². The number of H-pyrrole nitrogens is 1. The SMILES string of the molecule is Cc1ncc(NC(=O)CN2CCC[C@@H]2C)cc1NC(=O)c1cnc2[nH]c(-c3cnn(C(F)(F)F)c3)cc2c1. The molecule has 2 amide bonds. The van der Waals surface area contributed by atoms with Gasteiger partial charge in [0.1, 0.15) is 5.65 Å². The van der Waals surface area contributed by atoms with Crippen molar-refractivity contribution in [1.82, 2.24) is 29.6 Å². The first-order valence-electron chi connectivity index (χ1n) is 12.0. The summed E-state index contributed by atoms with van der Waals surface area (Å²) in [4.78, 5) is 39.0. The molecule has 5 heterocycles. The van der Waals surface area contributed by atoms with Crippen LogP contribution in [0.4, 0.5) is 24.5 Å². The molecular formula is C25H25F3N8O2. The Morgan fingerprint density at radius 3 is 2.66 bits per heavy atom.